The van der Waals surface area contributed by atoms with Crippen molar-refractivity contribution in [3.63, 3.8) is 0 Å². The molecule has 3 heterocycles. The second-order valence-corrected chi connectivity index (χ2v) is 14.5. The van der Waals surface area contributed by atoms with Gasteiger partial charge >= 0.3 is 12.5 Å². The summed E-state index contributed by atoms with van der Waals surface area (Å²) in [5.74, 6) is 2.23. The number of hydrogen-bond acceptors (Lipinski definition) is 1. The van der Waals surface area contributed by atoms with Gasteiger partial charge in [0.25, 0.3) is 0 Å². The fourth-order valence-electron chi connectivity index (χ4n) is 6.44. The third-order valence-electron chi connectivity index (χ3n) is 8.40. The maximum absolute atomic E-state index is 2.58. The molecule has 0 N–H and O–H groups in total. The molecule has 1 aliphatic rings. The van der Waals surface area contributed by atoms with Gasteiger partial charge in [0.15, 0.2) is 0 Å². The summed E-state index contributed by atoms with van der Waals surface area (Å²) in [6.07, 6.45) is 3.49. The molecule has 198 valence electrons. The largest absolute Gasteiger partial charge is 0.303 e. The number of benzene rings is 2. The van der Waals surface area contributed by atoms with Crippen molar-refractivity contribution in [1.82, 2.24) is 4.57 Å². The summed E-state index contributed by atoms with van der Waals surface area (Å²) in [5.41, 5.74) is 13.2. The van der Waals surface area contributed by atoms with E-state index in [0.717, 1.165) is 6.42 Å². The van der Waals surface area contributed by atoms with Crippen molar-refractivity contribution in [2.24, 2.45) is 12.5 Å². The summed E-state index contributed by atoms with van der Waals surface area (Å²) in [7, 11) is 2.23. The maximum atomic E-state index is 2.58. The first kappa shape index (κ1) is 27.0. The van der Waals surface area contributed by atoms with Crippen LogP contribution in [0.25, 0.3) is 16.4 Å². The molecule has 1 aliphatic heterocycles. The Morgan fingerprint density at radius 2 is 1.55 bits per heavy atom. The predicted molar refractivity (Wildman–Crippen MR) is 167 cm³/mol. The van der Waals surface area contributed by atoms with E-state index in [1.54, 1.807) is 0 Å². The van der Waals surface area contributed by atoms with Gasteiger partial charge in [0.2, 0.25) is 0 Å². The number of hydrogen-bond donors (Lipinski definition) is 0. The Labute approximate surface area is 234 Å². The highest BCUT2D eigenvalue weighted by atomic mass is 32.1. The lowest BCUT2D eigenvalue weighted by molar-refractivity contribution is -0.658. The molecule has 0 saturated heterocycles. The van der Waals surface area contributed by atoms with Crippen LogP contribution in [0.5, 0.6) is 0 Å². The summed E-state index contributed by atoms with van der Waals surface area (Å²) in [6, 6.07) is 14.3. The molecule has 0 amide bonds. The lowest BCUT2D eigenvalue weighted by atomic mass is 9.37. The number of rotatable bonds is 5. The van der Waals surface area contributed by atoms with Crippen molar-refractivity contribution in [2.75, 3.05) is 0 Å². The number of imidazole rings is 1. The lowest BCUT2D eigenvalue weighted by Gasteiger charge is -2.23. The summed E-state index contributed by atoms with van der Waals surface area (Å²) >= 11 is 1.94. The monoisotopic (exact) mass is 523 g/mol. The Morgan fingerprint density at radius 1 is 0.921 bits per heavy atom. The Kier molecular flexibility index (Phi) is 6.79. The third-order valence-corrected chi connectivity index (χ3v) is 9.71. The number of thiophene rings is 1. The molecule has 0 bridgehead atoms. The van der Waals surface area contributed by atoms with Crippen molar-refractivity contribution < 1.29 is 4.57 Å². The van der Waals surface area contributed by atoms with E-state index >= 15 is 0 Å². The Hall–Kier alpha value is -2.59. The van der Waals surface area contributed by atoms with E-state index in [1.165, 1.54) is 65.6 Å². The van der Waals surface area contributed by atoms with E-state index in [4.69, 9.17) is 0 Å². The first-order chi connectivity index (χ1) is 17.8. The number of fused-ring (bicyclic) bond motifs is 3. The zero-order chi connectivity index (χ0) is 27.7. The van der Waals surface area contributed by atoms with Crippen molar-refractivity contribution in [1.29, 1.82) is 0 Å². The number of aryl methyl sites for hydroxylation is 2. The van der Waals surface area contributed by atoms with E-state index in [0.29, 0.717) is 11.8 Å². The highest BCUT2D eigenvalue weighted by molar-refractivity contribution is 7.15. The van der Waals surface area contributed by atoms with Gasteiger partial charge in [0.1, 0.15) is 22.4 Å². The van der Waals surface area contributed by atoms with Gasteiger partial charge in [0, 0.05) is 4.88 Å². The number of aromatic nitrogens is 2. The van der Waals surface area contributed by atoms with Crippen molar-refractivity contribution in [3.8, 4) is 16.4 Å². The highest BCUT2D eigenvalue weighted by Gasteiger charge is 2.46. The van der Waals surface area contributed by atoms with Crippen LogP contribution >= 0.6 is 11.3 Å². The minimum atomic E-state index is 0.225. The minimum Gasteiger partial charge on any atom is -0.232 e. The Morgan fingerprint density at radius 3 is 2.08 bits per heavy atom. The van der Waals surface area contributed by atoms with Gasteiger partial charge in [-0.2, -0.15) is 0 Å². The van der Waals surface area contributed by atoms with Crippen molar-refractivity contribution in [2.45, 2.75) is 87.5 Å². The van der Waals surface area contributed by atoms with E-state index in [1.807, 2.05) is 11.3 Å². The molecule has 5 rings (SSSR count). The molecule has 38 heavy (non-hydrogen) atoms. The van der Waals surface area contributed by atoms with Crippen LogP contribution in [0.2, 0.25) is 0 Å². The van der Waals surface area contributed by atoms with Crippen LogP contribution in [-0.4, -0.2) is 11.3 Å². The average molecular weight is 524 g/mol. The second-order valence-electron chi connectivity index (χ2n) is 13.3. The van der Waals surface area contributed by atoms with E-state index < -0.39 is 0 Å². The van der Waals surface area contributed by atoms with Gasteiger partial charge in [-0.25, -0.2) is 9.13 Å². The molecule has 4 aromatic rings. The summed E-state index contributed by atoms with van der Waals surface area (Å²) < 4.78 is 4.96. The zero-order valence-corrected chi connectivity index (χ0v) is 26.1. The summed E-state index contributed by atoms with van der Waals surface area (Å²) in [5, 5.41) is 0. The molecule has 0 unspecified atom stereocenters. The fraction of sp³-hybridized carbons (Fsp3) is 0.441. The second kappa shape index (κ2) is 9.56. The molecule has 2 aromatic carbocycles. The van der Waals surface area contributed by atoms with E-state index in [9.17, 15) is 0 Å². The van der Waals surface area contributed by atoms with Crippen LogP contribution in [0.3, 0.4) is 0 Å². The lowest BCUT2D eigenvalue weighted by Crippen LogP contribution is -2.53. The smallest absolute Gasteiger partial charge is 0.232 e. The highest BCUT2D eigenvalue weighted by Crippen LogP contribution is 2.36. The fourth-order valence-corrected chi connectivity index (χ4v) is 7.68. The van der Waals surface area contributed by atoms with Crippen LogP contribution in [0.4, 0.5) is 0 Å². The molecule has 0 spiro atoms. The molecule has 2 nitrogen and oxygen atoms in total. The minimum absolute atomic E-state index is 0.225. The SMILES string of the molecule is Cc1sc(-c2n3c(c[n+]2C)B(c2c(C(C)C)cccc2C(C)C)c2cc(CC(C)(C)C)ccc2-3)c(C)c1C. The Balaban J connectivity index is 1.86. The van der Waals surface area contributed by atoms with Crippen LogP contribution in [0, 0.1) is 26.2 Å². The quantitative estimate of drug-likeness (QED) is 0.181. The Bertz CT molecular complexity index is 1500. The van der Waals surface area contributed by atoms with E-state index in [-0.39, 0.29) is 12.1 Å². The maximum Gasteiger partial charge on any atom is 0.303 e. The molecule has 0 saturated carbocycles. The predicted octanol–water partition coefficient (Wildman–Crippen LogP) is 6.62. The van der Waals surface area contributed by atoms with Crippen molar-refractivity contribution >= 4 is 34.6 Å². The average Bonchev–Trinajstić information content (AvgIpc) is 3.40. The molecule has 0 radical (unpaired) electrons. The standard InChI is InChI=1S/C34H44BN2S/c1-20(2)26-13-12-14-27(21(3)4)31(26)35-28-17-25(18-34(8,9)10)15-16-29(28)37-30(35)19-36(11)33(37)32-23(6)22(5)24(7)38-32/h12-17,19-21H,18H2,1-11H3/q+1. The van der Waals surface area contributed by atoms with Gasteiger partial charge in [-0.1, -0.05) is 84.3 Å². The van der Waals surface area contributed by atoms with Gasteiger partial charge in [-0.3, -0.25) is 0 Å². The van der Waals surface area contributed by atoms with E-state index in [2.05, 4.69) is 128 Å². The molecule has 0 atom stereocenters. The van der Waals surface area contributed by atoms with Gasteiger partial charge in [-0.05, 0) is 83.8 Å². The molecule has 4 heteroatoms. The first-order valence-electron chi connectivity index (χ1n) is 14.2. The van der Waals surface area contributed by atoms with Gasteiger partial charge in [0.05, 0.1) is 7.05 Å². The molecule has 0 fully saturated rings. The topological polar surface area (TPSA) is 8.81 Å². The normalized spacial score (nSPS) is 13.1. The summed E-state index contributed by atoms with van der Waals surface area (Å²) in [4.78, 5) is 2.80. The molecular formula is C34H44BN2S+. The molecule has 2 aromatic heterocycles. The van der Waals surface area contributed by atoms with Crippen LogP contribution in [0.1, 0.15) is 93.0 Å². The van der Waals surface area contributed by atoms with Gasteiger partial charge < -0.3 is 0 Å². The van der Waals surface area contributed by atoms with Crippen LogP contribution < -0.4 is 21.1 Å². The van der Waals surface area contributed by atoms with Crippen LogP contribution in [0.15, 0.2) is 42.6 Å². The first-order valence-corrected chi connectivity index (χ1v) is 15.1. The molecular weight excluding hydrogens is 479 g/mol. The summed E-state index contributed by atoms with van der Waals surface area (Å²) in [6.45, 7) is 23.5. The third kappa shape index (κ3) is 4.39. The molecule has 0 aliphatic carbocycles. The van der Waals surface area contributed by atoms with Gasteiger partial charge in [-0.15, -0.1) is 11.3 Å². The van der Waals surface area contributed by atoms with Crippen LogP contribution in [-0.2, 0) is 13.5 Å². The number of nitrogens with zero attached hydrogens (tertiary/aromatic N) is 2. The zero-order valence-electron chi connectivity index (χ0n) is 25.3. The van der Waals surface area contributed by atoms with Crippen molar-refractivity contribution in [3.05, 3.63) is 75.3 Å².